The lowest BCUT2D eigenvalue weighted by molar-refractivity contribution is -0.105. The number of carbonyl (C=O) groups is 1. The van der Waals surface area contributed by atoms with Crippen molar-refractivity contribution in [3.63, 3.8) is 0 Å². The van der Waals surface area contributed by atoms with E-state index in [1.807, 2.05) is 35.2 Å². The molecule has 0 saturated heterocycles. The van der Waals surface area contributed by atoms with Gasteiger partial charge in [0.25, 0.3) is 5.56 Å². The maximum absolute atomic E-state index is 11.8. The number of benzene rings is 1. The molecule has 2 heterocycles. The Labute approximate surface area is 127 Å². The number of aldehydes is 1. The average Bonchev–Trinajstić information content (AvgIpc) is 2.56. The molecule has 1 aliphatic rings. The van der Waals surface area contributed by atoms with E-state index >= 15 is 0 Å². The molecule has 0 radical (unpaired) electrons. The monoisotopic (exact) mass is 293 g/mol. The highest BCUT2D eigenvalue weighted by atomic mass is 16.1. The molecule has 110 valence electrons. The summed E-state index contributed by atoms with van der Waals surface area (Å²) in [6, 6.07) is 11.4. The standard InChI is InChI=1S/C17H15N3O2/c21-11-14-8-18-12-20(10-14)9-13-3-5-15(6-4-13)16-2-1-7-19-17(16)22/h1-8,11-12H,9-10H2,(H,19,22). The Balaban J connectivity index is 1.74. The first kappa shape index (κ1) is 14.0. The lowest BCUT2D eigenvalue weighted by Crippen LogP contribution is -2.26. The van der Waals surface area contributed by atoms with E-state index in [0.29, 0.717) is 24.2 Å². The van der Waals surface area contributed by atoms with Crippen LogP contribution < -0.4 is 5.56 Å². The highest BCUT2D eigenvalue weighted by Gasteiger charge is 2.09. The van der Waals surface area contributed by atoms with Crippen molar-refractivity contribution in [3.05, 3.63) is 70.3 Å². The van der Waals surface area contributed by atoms with E-state index in [2.05, 4.69) is 9.98 Å². The zero-order valence-corrected chi connectivity index (χ0v) is 11.9. The SMILES string of the molecule is O=CC1=CN=CN(Cc2ccc(-c3ccc[nH]c3=O)cc2)C1. The Bertz CT molecular complexity index is 788. The third-order valence-corrected chi connectivity index (χ3v) is 3.48. The maximum atomic E-state index is 11.8. The fourth-order valence-corrected chi connectivity index (χ4v) is 2.38. The topological polar surface area (TPSA) is 65.5 Å². The number of hydrogen-bond acceptors (Lipinski definition) is 4. The van der Waals surface area contributed by atoms with Crippen LogP contribution in [-0.4, -0.2) is 29.1 Å². The van der Waals surface area contributed by atoms with Crippen molar-refractivity contribution in [2.75, 3.05) is 6.54 Å². The largest absolute Gasteiger partial charge is 0.354 e. The normalized spacial score (nSPS) is 13.8. The highest BCUT2D eigenvalue weighted by Crippen LogP contribution is 2.17. The van der Waals surface area contributed by atoms with Gasteiger partial charge in [0.2, 0.25) is 0 Å². The number of aliphatic imine (C=N–C) groups is 1. The number of aromatic amines is 1. The van der Waals surface area contributed by atoms with Crippen LogP contribution in [0.25, 0.3) is 11.1 Å². The molecule has 5 nitrogen and oxygen atoms in total. The number of aromatic nitrogens is 1. The number of nitrogens with one attached hydrogen (secondary N) is 1. The first-order chi connectivity index (χ1) is 10.8. The van der Waals surface area contributed by atoms with E-state index in [4.69, 9.17) is 0 Å². The van der Waals surface area contributed by atoms with E-state index in [1.54, 1.807) is 24.8 Å². The van der Waals surface area contributed by atoms with Crippen LogP contribution in [0.3, 0.4) is 0 Å². The molecule has 0 fully saturated rings. The Kier molecular flexibility index (Phi) is 3.96. The number of hydrogen-bond donors (Lipinski definition) is 1. The minimum absolute atomic E-state index is 0.0980. The number of H-pyrrole nitrogens is 1. The maximum Gasteiger partial charge on any atom is 0.255 e. The zero-order chi connectivity index (χ0) is 15.4. The van der Waals surface area contributed by atoms with Gasteiger partial charge in [-0.15, -0.1) is 0 Å². The summed E-state index contributed by atoms with van der Waals surface area (Å²) in [5.74, 6) is 0. The second kappa shape index (κ2) is 6.22. The van der Waals surface area contributed by atoms with Gasteiger partial charge in [-0.3, -0.25) is 9.59 Å². The van der Waals surface area contributed by atoms with Gasteiger partial charge in [-0.2, -0.15) is 0 Å². The molecule has 0 bridgehead atoms. The molecule has 0 unspecified atom stereocenters. The van der Waals surface area contributed by atoms with E-state index < -0.39 is 0 Å². The third-order valence-electron chi connectivity index (χ3n) is 3.48. The molecule has 0 amide bonds. The van der Waals surface area contributed by atoms with Crippen molar-refractivity contribution < 1.29 is 4.79 Å². The zero-order valence-electron chi connectivity index (χ0n) is 11.9. The van der Waals surface area contributed by atoms with Gasteiger partial charge < -0.3 is 9.88 Å². The van der Waals surface area contributed by atoms with Crippen molar-refractivity contribution in [1.29, 1.82) is 0 Å². The minimum Gasteiger partial charge on any atom is -0.354 e. The second-order valence-electron chi connectivity index (χ2n) is 5.10. The van der Waals surface area contributed by atoms with Crippen LogP contribution in [0.4, 0.5) is 0 Å². The molecular formula is C17H15N3O2. The van der Waals surface area contributed by atoms with Crippen LogP contribution >= 0.6 is 0 Å². The van der Waals surface area contributed by atoms with Crippen molar-refractivity contribution in [2.24, 2.45) is 4.99 Å². The van der Waals surface area contributed by atoms with Crippen molar-refractivity contribution in [1.82, 2.24) is 9.88 Å². The fraction of sp³-hybridized carbons (Fsp3) is 0.118. The van der Waals surface area contributed by atoms with Gasteiger partial charge in [-0.05, 0) is 23.3 Å². The van der Waals surface area contributed by atoms with Gasteiger partial charge in [0.15, 0.2) is 0 Å². The summed E-state index contributed by atoms with van der Waals surface area (Å²) in [5, 5.41) is 0. The molecule has 1 N–H and O–H groups in total. The Hall–Kier alpha value is -2.95. The molecule has 0 spiro atoms. The highest BCUT2D eigenvalue weighted by molar-refractivity contribution is 5.76. The molecule has 1 aromatic carbocycles. The number of rotatable bonds is 4. The number of nitrogens with zero attached hydrogens (tertiary/aromatic N) is 2. The minimum atomic E-state index is -0.0980. The van der Waals surface area contributed by atoms with Crippen LogP contribution in [0.5, 0.6) is 0 Å². The number of pyridine rings is 1. The van der Waals surface area contributed by atoms with E-state index in [1.165, 1.54) is 0 Å². The molecule has 22 heavy (non-hydrogen) atoms. The van der Waals surface area contributed by atoms with Gasteiger partial charge in [0, 0.05) is 36.6 Å². The average molecular weight is 293 g/mol. The first-order valence-corrected chi connectivity index (χ1v) is 6.95. The molecule has 0 saturated carbocycles. The van der Waals surface area contributed by atoms with E-state index in [0.717, 1.165) is 17.4 Å². The van der Waals surface area contributed by atoms with Gasteiger partial charge >= 0.3 is 0 Å². The van der Waals surface area contributed by atoms with E-state index in [9.17, 15) is 9.59 Å². The molecule has 0 aliphatic carbocycles. The van der Waals surface area contributed by atoms with Gasteiger partial charge in [0.05, 0.1) is 6.34 Å². The van der Waals surface area contributed by atoms with Crippen LogP contribution in [0.15, 0.2) is 64.2 Å². The van der Waals surface area contributed by atoms with Crippen molar-refractivity contribution in [3.8, 4) is 11.1 Å². The van der Waals surface area contributed by atoms with Crippen LogP contribution in [0.2, 0.25) is 0 Å². The molecule has 0 atom stereocenters. The van der Waals surface area contributed by atoms with Gasteiger partial charge in [0.1, 0.15) is 6.29 Å². The predicted octanol–water partition coefficient (Wildman–Crippen LogP) is 1.97. The lowest BCUT2D eigenvalue weighted by atomic mass is 10.1. The first-order valence-electron chi connectivity index (χ1n) is 6.95. The molecule has 3 rings (SSSR count). The van der Waals surface area contributed by atoms with Crippen LogP contribution in [0.1, 0.15) is 5.56 Å². The quantitative estimate of drug-likeness (QED) is 0.876. The Morgan fingerprint density at radius 2 is 2.05 bits per heavy atom. The molecule has 1 aromatic heterocycles. The molecule has 2 aromatic rings. The van der Waals surface area contributed by atoms with E-state index in [-0.39, 0.29) is 5.56 Å². The van der Waals surface area contributed by atoms with Crippen molar-refractivity contribution in [2.45, 2.75) is 6.54 Å². The number of carbonyl (C=O) groups excluding carboxylic acids is 1. The summed E-state index contributed by atoms with van der Waals surface area (Å²) in [4.78, 5) is 31.2. The second-order valence-corrected chi connectivity index (χ2v) is 5.10. The summed E-state index contributed by atoms with van der Waals surface area (Å²) >= 11 is 0. The van der Waals surface area contributed by atoms with Crippen LogP contribution in [-0.2, 0) is 11.3 Å². The summed E-state index contributed by atoms with van der Waals surface area (Å²) in [7, 11) is 0. The smallest absolute Gasteiger partial charge is 0.255 e. The summed E-state index contributed by atoms with van der Waals surface area (Å²) in [6.45, 7) is 1.23. The summed E-state index contributed by atoms with van der Waals surface area (Å²) < 4.78 is 0. The van der Waals surface area contributed by atoms with Gasteiger partial charge in [-0.1, -0.05) is 24.3 Å². The summed E-state index contributed by atoms with van der Waals surface area (Å²) in [5.41, 5.74) is 3.19. The predicted molar refractivity (Wildman–Crippen MR) is 85.5 cm³/mol. The van der Waals surface area contributed by atoms with Crippen molar-refractivity contribution >= 4 is 12.6 Å². The summed E-state index contributed by atoms with van der Waals surface area (Å²) in [6.07, 6.45) is 5.75. The molecular weight excluding hydrogens is 278 g/mol. The molecule has 5 heteroatoms. The molecule has 1 aliphatic heterocycles. The fourth-order valence-electron chi connectivity index (χ4n) is 2.38. The Morgan fingerprint density at radius 1 is 1.23 bits per heavy atom. The third kappa shape index (κ3) is 3.03. The van der Waals surface area contributed by atoms with Gasteiger partial charge in [-0.25, -0.2) is 4.99 Å². The lowest BCUT2D eigenvalue weighted by Gasteiger charge is -2.21. The van der Waals surface area contributed by atoms with Crippen LogP contribution in [0, 0.1) is 0 Å². The Morgan fingerprint density at radius 3 is 2.77 bits per heavy atom.